The number of halogens is 1. The summed E-state index contributed by atoms with van der Waals surface area (Å²) in [7, 11) is 0. The summed E-state index contributed by atoms with van der Waals surface area (Å²) in [5.41, 5.74) is 7.49. The van der Waals surface area contributed by atoms with E-state index in [0.717, 1.165) is 137 Å². The fraction of sp³-hybridized carbons (Fsp3) is 0.435. The van der Waals surface area contributed by atoms with E-state index in [0.29, 0.717) is 43.9 Å². The van der Waals surface area contributed by atoms with E-state index in [1.165, 1.54) is 43.7 Å². The van der Waals surface area contributed by atoms with Crippen LogP contribution in [0.3, 0.4) is 0 Å². The number of carbonyl (C=O) groups is 5. The number of carbonyl (C=O) groups excluding carboxylic acids is 5. The largest absolute Gasteiger partial charge is 0.493 e. The summed E-state index contributed by atoms with van der Waals surface area (Å²) >= 11 is 3.80. The first-order chi connectivity index (χ1) is 35.1. The molecule has 0 amide bonds. The second kappa shape index (κ2) is 28.2. The van der Waals surface area contributed by atoms with E-state index in [1.807, 2.05) is 66.0 Å². The Bertz CT molecular complexity index is 2550. The number of ether oxygens (including phenoxy) is 2. The Morgan fingerprint density at radius 3 is 1.78 bits per heavy atom. The molecular weight excluding hydrogens is 940 g/mol. The Balaban J connectivity index is 0.000000147. The molecule has 10 heteroatoms. The molecule has 10 rings (SSSR count). The van der Waals surface area contributed by atoms with Gasteiger partial charge in [0.25, 0.3) is 0 Å². The summed E-state index contributed by atoms with van der Waals surface area (Å²) in [6.45, 7) is 7.96. The maximum Gasteiger partial charge on any atom is 0.123 e. The molecule has 4 heterocycles. The van der Waals surface area contributed by atoms with E-state index < -0.39 is 0 Å². The van der Waals surface area contributed by atoms with Crippen LogP contribution in [0.5, 0.6) is 11.5 Å². The van der Waals surface area contributed by atoms with Crippen LogP contribution in [0, 0.1) is 5.82 Å². The maximum atomic E-state index is 12.9. The van der Waals surface area contributed by atoms with Gasteiger partial charge in [0.05, 0.1) is 13.2 Å². The van der Waals surface area contributed by atoms with Gasteiger partial charge in [0.1, 0.15) is 48.7 Å². The van der Waals surface area contributed by atoms with E-state index in [-0.39, 0.29) is 22.1 Å². The van der Waals surface area contributed by atoms with Crippen LogP contribution in [0.15, 0.2) is 125 Å². The third-order valence-corrected chi connectivity index (χ3v) is 17.5. The average Bonchev–Trinajstić information content (AvgIpc) is 3.40. The van der Waals surface area contributed by atoms with Crippen LogP contribution in [0.4, 0.5) is 4.39 Å². The highest BCUT2D eigenvalue weighted by molar-refractivity contribution is 7.99. The first kappa shape index (κ1) is 56.0. The predicted octanol–water partition coefficient (Wildman–Crippen LogP) is 14.5. The lowest BCUT2D eigenvalue weighted by atomic mass is 9.71. The van der Waals surface area contributed by atoms with Crippen LogP contribution in [0.1, 0.15) is 156 Å². The van der Waals surface area contributed by atoms with Crippen LogP contribution in [0.2, 0.25) is 0 Å². The zero-order valence-electron chi connectivity index (χ0n) is 42.5. The molecule has 5 aliphatic rings. The number of para-hydroxylation sites is 2. The van der Waals surface area contributed by atoms with Crippen molar-refractivity contribution in [3.63, 3.8) is 0 Å². The average molecular weight is 1010 g/mol. The topological polar surface area (TPSA) is 104 Å². The summed E-state index contributed by atoms with van der Waals surface area (Å²) < 4.78 is 24.2. The summed E-state index contributed by atoms with van der Waals surface area (Å²) in [5.74, 6) is 4.80. The van der Waals surface area contributed by atoms with E-state index >= 15 is 0 Å². The molecule has 72 heavy (non-hydrogen) atoms. The van der Waals surface area contributed by atoms with Crippen molar-refractivity contribution in [2.24, 2.45) is 0 Å². The van der Waals surface area contributed by atoms with Gasteiger partial charge in [-0.05, 0) is 140 Å². The first-order valence-electron chi connectivity index (χ1n) is 26.0. The van der Waals surface area contributed by atoms with E-state index in [2.05, 4.69) is 81.4 Å². The van der Waals surface area contributed by atoms with Crippen LogP contribution in [0.25, 0.3) is 0 Å². The predicted molar refractivity (Wildman–Crippen MR) is 291 cm³/mol. The lowest BCUT2D eigenvalue weighted by Gasteiger charge is -2.37. The molecule has 0 spiro atoms. The quantitative estimate of drug-likeness (QED) is 0.107. The fourth-order valence-electron chi connectivity index (χ4n) is 11.2. The summed E-state index contributed by atoms with van der Waals surface area (Å²) in [6, 6.07) is 38.0. The molecule has 0 saturated carbocycles. The smallest absolute Gasteiger partial charge is 0.123 e. The number of benzene rings is 5. The highest BCUT2D eigenvalue weighted by Gasteiger charge is 2.37. The van der Waals surface area contributed by atoms with Crippen molar-refractivity contribution < 1.29 is 37.8 Å². The van der Waals surface area contributed by atoms with Crippen LogP contribution >= 0.6 is 23.5 Å². The Kier molecular flexibility index (Phi) is 21.9. The second-order valence-corrected chi connectivity index (χ2v) is 22.0. The molecule has 0 bridgehead atoms. The number of fused-ring (bicyclic) bond motifs is 5. The van der Waals surface area contributed by atoms with Gasteiger partial charge in [-0.1, -0.05) is 106 Å². The first-order valence-corrected chi connectivity index (χ1v) is 28.0. The highest BCUT2D eigenvalue weighted by atomic mass is 32.2. The molecule has 0 saturated heterocycles. The maximum absolute atomic E-state index is 12.9. The van der Waals surface area contributed by atoms with Crippen molar-refractivity contribution in [3.05, 3.63) is 154 Å². The molecule has 0 N–H and O–H groups in total. The number of aryl methyl sites for hydroxylation is 1. The summed E-state index contributed by atoms with van der Waals surface area (Å²) in [6.07, 6.45) is 18.6. The lowest BCUT2D eigenvalue weighted by molar-refractivity contribution is -0.110. The third kappa shape index (κ3) is 14.2. The molecule has 5 unspecified atom stereocenters. The molecule has 4 aliphatic heterocycles. The van der Waals surface area contributed by atoms with Gasteiger partial charge in [0.2, 0.25) is 0 Å². The minimum atomic E-state index is -0.171. The van der Waals surface area contributed by atoms with Gasteiger partial charge in [-0.15, -0.1) is 23.5 Å². The normalized spacial score (nSPS) is 22.8. The molecule has 5 aromatic rings. The van der Waals surface area contributed by atoms with E-state index in [9.17, 15) is 28.4 Å². The molecule has 0 aromatic heterocycles. The number of thioether (sulfide) groups is 2. The Hall–Kier alpha value is -5.32. The molecule has 0 radical (unpaired) electrons. The molecule has 382 valence electrons. The molecule has 5 aromatic carbocycles. The van der Waals surface area contributed by atoms with E-state index in [1.54, 1.807) is 6.07 Å². The van der Waals surface area contributed by atoms with E-state index in [4.69, 9.17) is 9.47 Å². The third-order valence-electron chi connectivity index (χ3n) is 15.3. The van der Waals surface area contributed by atoms with Gasteiger partial charge >= 0.3 is 0 Å². The SMILES string of the molecule is CC1(CC=O)CCSc2ccccc21.CCC1(CC=O)CCOc2ccccc21.CCCC1(CC=O)CCOc2ccccc21.O=CCC1CCCc2cc(F)ccc21.O=CCC1CCSc2ccccc21. The standard InChI is InChI=1S/C14H18O2.C13H16O2.C12H13FO.C12H14OS.C11H12OS/c1-2-7-14(8-10-15)9-11-16-13-6-4-3-5-12(13)14;1-2-13(7-9-14)8-10-15-12-6-4-3-5-11(12)13;13-11-4-5-12-9(6-7-14)2-1-3-10(12)8-11;1-12(6-8-13)7-9-14-11-5-3-2-4-10(11)12;12-7-5-9-6-8-13-11-4-2-1-3-10(9)11/h3-6,10H,2,7-9,11H2,1H3;3-6,9H,2,7-8,10H2,1H3;4-5,7-9H,1-3,6H2;2-5,8H,6-7,9H2,1H3;1-4,7,9H,5-6,8H2. The summed E-state index contributed by atoms with van der Waals surface area (Å²) in [4.78, 5) is 56.1. The van der Waals surface area contributed by atoms with Gasteiger partial charge in [0, 0.05) is 69.3 Å². The minimum absolute atomic E-state index is 0.0105. The van der Waals surface area contributed by atoms with Crippen molar-refractivity contribution >= 4 is 55.0 Å². The van der Waals surface area contributed by atoms with Crippen molar-refractivity contribution in [3.8, 4) is 11.5 Å². The molecule has 7 nitrogen and oxygen atoms in total. The van der Waals surface area contributed by atoms with Gasteiger partial charge in [-0.3, -0.25) is 0 Å². The fourth-order valence-corrected chi connectivity index (χ4v) is 13.8. The Morgan fingerprint density at radius 1 is 0.583 bits per heavy atom. The van der Waals surface area contributed by atoms with Crippen molar-refractivity contribution in [1.82, 2.24) is 0 Å². The zero-order chi connectivity index (χ0) is 51.2. The zero-order valence-corrected chi connectivity index (χ0v) is 44.1. The Morgan fingerprint density at radius 2 is 1.14 bits per heavy atom. The van der Waals surface area contributed by atoms with Crippen molar-refractivity contribution in [2.45, 2.75) is 155 Å². The van der Waals surface area contributed by atoms with Crippen molar-refractivity contribution in [2.75, 3.05) is 24.7 Å². The second-order valence-electron chi connectivity index (χ2n) is 19.7. The molecular formula is C62H73FO7S2. The monoisotopic (exact) mass is 1010 g/mol. The Labute approximate surface area is 436 Å². The van der Waals surface area contributed by atoms with Gasteiger partial charge in [0.15, 0.2) is 0 Å². The highest BCUT2D eigenvalue weighted by Crippen LogP contribution is 2.46. The lowest BCUT2D eigenvalue weighted by Crippen LogP contribution is -2.33. The number of hydrogen-bond donors (Lipinski definition) is 0. The number of aldehydes is 5. The van der Waals surface area contributed by atoms with Crippen LogP contribution in [-0.2, 0) is 46.6 Å². The van der Waals surface area contributed by atoms with Crippen molar-refractivity contribution in [1.29, 1.82) is 0 Å². The van der Waals surface area contributed by atoms with Gasteiger partial charge in [-0.2, -0.15) is 0 Å². The molecule has 1 aliphatic carbocycles. The number of hydrogen-bond acceptors (Lipinski definition) is 9. The van der Waals surface area contributed by atoms with Crippen LogP contribution in [-0.4, -0.2) is 56.2 Å². The minimum Gasteiger partial charge on any atom is -0.493 e. The summed E-state index contributed by atoms with van der Waals surface area (Å²) in [5, 5.41) is 0. The van der Waals surface area contributed by atoms with Gasteiger partial charge < -0.3 is 33.4 Å². The van der Waals surface area contributed by atoms with Crippen LogP contribution < -0.4 is 9.47 Å². The molecule has 0 fully saturated rings. The number of rotatable bonds is 13. The van der Waals surface area contributed by atoms with Gasteiger partial charge in [-0.25, -0.2) is 4.39 Å². The molecule has 5 atom stereocenters.